The highest BCUT2D eigenvalue weighted by molar-refractivity contribution is 8.00. The predicted molar refractivity (Wildman–Crippen MR) is 132 cm³/mol. The van der Waals surface area contributed by atoms with Gasteiger partial charge in [0.1, 0.15) is 5.01 Å². The van der Waals surface area contributed by atoms with E-state index in [1.807, 2.05) is 18.2 Å². The zero-order chi connectivity index (χ0) is 22.9. The fourth-order valence-electron chi connectivity index (χ4n) is 3.18. The van der Waals surface area contributed by atoms with Crippen molar-refractivity contribution in [1.29, 1.82) is 0 Å². The minimum atomic E-state index is -0.300. The number of rotatable bonds is 7. The van der Waals surface area contributed by atoms with Gasteiger partial charge < -0.3 is 9.73 Å². The number of carbonyl (C=O) groups excluding carboxylic acids is 1. The third-order valence-electron chi connectivity index (χ3n) is 4.64. The molecule has 4 heterocycles. The largest absolute Gasteiger partial charge is 0.459 e. The second-order valence-electron chi connectivity index (χ2n) is 7.76. The Balaban J connectivity index is 1.30. The molecule has 0 radical (unpaired) electrons. The molecule has 0 bridgehead atoms. The third-order valence-corrected chi connectivity index (χ3v) is 7.76. The summed E-state index contributed by atoms with van der Waals surface area (Å²) < 4.78 is 8.33. The van der Waals surface area contributed by atoms with E-state index in [0.29, 0.717) is 28.0 Å². The normalized spacial score (nSPS) is 11.6. The Hall–Kier alpha value is -3.02. The molecule has 1 N–H and O–H groups in total. The fraction of sp³-hybridized carbons (Fsp3) is 0.227. The Morgan fingerprint density at radius 2 is 2.09 bits per heavy atom. The van der Waals surface area contributed by atoms with Crippen molar-refractivity contribution in [2.24, 2.45) is 5.92 Å². The van der Waals surface area contributed by atoms with Crippen LogP contribution in [0.5, 0.6) is 0 Å². The van der Waals surface area contributed by atoms with Gasteiger partial charge in [-0.1, -0.05) is 36.9 Å². The van der Waals surface area contributed by atoms with Crippen molar-refractivity contribution in [3.63, 3.8) is 0 Å². The molecule has 0 aliphatic carbocycles. The van der Waals surface area contributed by atoms with Crippen LogP contribution in [-0.2, 0) is 12.2 Å². The van der Waals surface area contributed by atoms with Crippen molar-refractivity contribution in [3.8, 4) is 0 Å². The minimum Gasteiger partial charge on any atom is -0.459 e. The van der Waals surface area contributed by atoms with Crippen molar-refractivity contribution >= 4 is 61.2 Å². The first kappa shape index (κ1) is 21.8. The summed E-state index contributed by atoms with van der Waals surface area (Å²) in [5.74, 6) is 0.957. The molecule has 168 valence electrons. The first-order chi connectivity index (χ1) is 15.9. The highest BCUT2D eigenvalue weighted by Gasteiger charge is 2.13. The number of hydrogen-bond donors (Lipinski definition) is 1. The molecule has 1 amide bonds. The third kappa shape index (κ3) is 4.85. The molecule has 11 heteroatoms. The zero-order valence-electron chi connectivity index (χ0n) is 17.8. The standard InChI is InChI=1S/C22H19N5O3S3/c1-12(2)8-18-26-27-19(28)10-14(24-21(27)33-18)11-31-22-25-15-6-5-13(9-17(15)32-22)23-20(29)16-4-3-7-30-16/h3-7,9-10,12H,8,11H2,1-2H3,(H,23,29). The predicted octanol–water partition coefficient (Wildman–Crippen LogP) is 5.10. The summed E-state index contributed by atoms with van der Waals surface area (Å²) >= 11 is 4.52. The summed E-state index contributed by atoms with van der Waals surface area (Å²) in [6, 6.07) is 10.4. The molecule has 4 aromatic heterocycles. The number of amides is 1. The monoisotopic (exact) mass is 497 g/mol. The maximum atomic E-state index is 12.5. The van der Waals surface area contributed by atoms with Crippen molar-refractivity contribution < 1.29 is 9.21 Å². The van der Waals surface area contributed by atoms with E-state index in [4.69, 9.17) is 4.42 Å². The van der Waals surface area contributed by atoms with Gasteiger partial charge in [-0.05, 0) is 36.2 Å². The maximum Gasteiger partial charge on any atom is 0.291 e. The zero-order valence-corrected chi connectivity index (χ0v) is 20.2. The molecule has 0 unspecified atom stereocenters. The Morgan fingerprint density at radius 3 is 2.88 bits per heavy atom. The molecule has 33 heavy (non-hydrogen) atoms. The number of thioether (sulfide) groups is 1. The van der Waals surface area contributed by atoms with Crippen LogP contribution < -0.4 is 10.9 Å². The minimum absolute atomic E-state index is 0.164. The van der Waals surface area contributed by atoms with Crippen LogP contribution in [0, 0.1) is 5.92 Å². The Labute approximate surface area is 200 Å². The molecular formula is C22H19N5O3S3. The van der Waals surface area contributed by atoms with Gasteiger partial charge in [0.05, 0.1) is 22.2 Å². The molecule has 0 fully saturated rings. The molecule has 8 nitrogen and oxygen atoms in total. The van der Waals surface area contributed by atoms with Crippen LogP contribution in [0.4, 0.5) is 5.69 Å². The smallest absolute Gasteiger partial charge is 0.291 e. The summed E-state index contributed by atoms with van der Waals surface area (Å²) in [6.07, 6.45) is 2.29. The highest BCUT2D eigenvalue weighted by atomic mass is 32.2. The molecule has 0 aliphatic heterocycles. The summed E-state index contributed by atoms with van der Waals surface area (Å²) in [5, 5.41) is 8.14. The summed E-state index contributed by atoms with van der Waals surface area (Å²) in [5.41, 5.74) is 2.06. The Morgan fingerprint density at radius 1 is 1.21 bits per heavy atom. The number of anilines is 1. The molecule has 0 aliphatic rings. The number of fused-ring (bicyclic) bond motifs is 2. The number of carbonyl (C=O) groups is 1. The van der Waals surface area contributed by atoms with Gasteiger partial charge in [-0.3, -0.25) is 9.59 Å². The van der Waals surface area contributed by atoms with E-state index in [1.54, 1.807) is 12.1 Å². The second kappa shape index (κ2) is 9.08. The molecule has 0 atom stereocenters. The van der Waals surface area contributed by atoms with E-state index < -0.39 is 0 Å². The van der Waals surface area contributed by atoms with Crippen LogP contribution in [0.2, 0.25) is 0 Å². The Bertz CT molecular complexity index is 1500. The molecule has 1 aromatic carbocycles. The number of benzene rings is 1. The maximum absolute atomic E-state index is 12.5. The van der Waals surface area contributed by atoms with Gasteiger partial charge in [0.15, 0.2) is 10.1 Å². The van der Waals surface area contributed by atoms with E-state index in [1.165, 1.54) is 51.3 Å². The lowest BCUT2D eigenvalue weighted by Crippen LogP contribution is -2.15. The lowest BCUT2D eigenvalue weighted by Gasteiger charge is -2.02. The first-order valence-corrected chi connectivity index (χ1v) is 12.8. The van der Waals surface area contributed by atoms with Crippen molar-refractivity contribution in [2.45, 2.75) is 30.4 Å². The molecule has 5 aromatic rings. The summed E-state index contributed by atoms with van der Waals surface area (Å²) in [6.45, 7) is 4.25. The molecular weight excluding hydrogens is 478 g/mol. The van der Waals surface area contributed by atoms with E-state index in [2.05, 4.69) is 34.2 Å². The van der Waals surface area contributed by atoms with Gasteiger partial charge in [-0.2, -0.15) is 9.61 Å². The van der Waals surface area contributed by atoms with Crippen LogP contribution in [0.1, 0.15) is 35.1 Å². The number of aromatic nitrogens is 4. The van der Waals surface area contributed by atoms with Gasteiger partial charge in [0, 0.05) is 23.9 Å². The average molecular weight is 498 g/mol. The second-order valence-corrected chi connectivity index (χ2v) is 11.0. The van der Waals surface area contributed by atoms with Gasteiger partial charge in [0.25, 0.3) is 11.5 Å². The van der Waals surface area contributed by atoms with Crippen molar-refractivity contribution in [1.82, 2.24) is 19.6 Å². The van der Waals surface area contributed by atoms with E-state index in [0.717, 1.165) is 26.0 Å². The van der Waals surface area contributed by atoms with E-state index in [-0.39, 0.29) is 17.2 Å². The van der Waals surface area contributed by atoms with Crippen LogP contribution in [0.3, 0.4) is 0 Å². The number of nitrogens with zero attached hydrogens (tertiary/aromatic N) is 4. The van der Waals surface area contributed by atoms with Gasteiger partial charge in [-0.15, -0.1) is 11.3 Å². The Kier molecular flexibility index (Phi) is 6.00. The lowest BCUT2D eigenvalue weighted by molar-refractivity contribution is 0.0996. The van der Waals surface area contributed by atoms with Crippen LogP contribution in [0.15, 0.2) is 56.2 Å². The van der Waals surface area contributed by atoms with Gasteiger partial charge in [0.2, 0.25) is 4.96 Å². The molecule has 0 saturated heterocycles. The van der Waals surface area contributed by atoms with Gasteiger partial charge >= 0.3 is 0 Å². The van der Waals surface area contributed by atoms with Crippen LogP contribution >= 0.6 is 34.4 Å². The molecule has 0 spiro atoms. The average Bonchev–Trinajstić information content (AvgIpc) is 3.51. The first-order valence-electron chi connectivity index (χ1n) is 10.2. The number of thiazole rings is 1. The van der Waals surface area contributed by atoms with E-state index in [9.17, 15) is 9.59 Å². The molecule has 5 rings (SSSR count). The number of nitrogens with one attached hydrogen (secondary N) is 1. The highest BCUT2D eigenvalue weighted by Crippen LogP contribution is 2.33. The molecule has 0 saturated carbocycles. The van der Waals surface area contributed by atoms with Crippen molar-refractivity contribution in [3.05, 3.63) is 69.5 Å². The van der Waals surface area contributed by atoms with Crippen molar-refractivity contribution in [2.75, 3.05) is 5.32 Å². The number of furan rings is 1. The summed E-state index contributed by atoms with van der Waals surface area (Å²) in [4.78, 5) is 34.5. The SMILES string of the molecule is CC(C)Cc1nn2c(=O)cc(CSc3nc4ccc(NC(=O)c5ccco5)cc4s3)nc2s1. The van der Waals surface area contributed by atoms with E-state index >= 15 is 0 Å². The fourth-order valence-corrected chi connectivity index (χ4v) is 6.31. The lowest BCUT2D eigenvalue weighted by atomic mass is 10.1. The quantitative estimate of drug-likeness (QED) is 0.312. The topological polar surface area (TPSA) is 102 Å². The van der Waals surface area contributed by atoms with Crippen LogP contribution in [-0.4, -0.2) is 25.5 Å². The van der Waals surface area contributed by atoms with Crippen LogP contribution in [0.25, 0.3) is 15.2 Å². The summed E-state index contributed by atoms with van der Waals surface area (Å²) in [7, 11) is 0. The van der Waals surface area contributed by atoms with Gasteiger partial charge in [-0.25, -0.2) is 9.97 Å². The number of hydrogen-bond acceptors (Lipinski definition) is 9.